The number of hydrogen-bond acceptors (Lipinski definition) is 4. The second-order valence-electron chi connectivity index (χ2n) is 3.96. The molecule has 0 aliphatic heterocycles. The lowest BCUT2D eigenvalue weighted by Gasteiger charge is -2.06. The standard InChI is InChI=1S/C12H14ClN5O/c1-2-9-5-8(6-10(13)17-9)12(19)14-4-3-11-15-7-16-18-11/h5-7H,2-4H2,1H3,(H,14,19)(H,15,16,18). The number of pyridine rings is 1. The molecule has 0 saturated carbocycles. The Balaban J connectivity index is 1.94. The monoisotopic (exact) mass is 279 g/mol. The summed E-state index contributed by atoms with van der Waals surface area (Å²) in [5.41, 5.74) is 1.32. The zero-order valence-corrected chi connectivity index (χ0v) is 11.2. The number of H-pyrrole nitrogens is 1. The molecule has 0 saturated heterocycles. The molecule has 19 heavy (non-hydrogen) atoms. The Bertz CT molecular complexity index is 555. The van der Waals surface area contributed by atoms with E-state index in [0.717, 1.165) is 17.9 Å². The maximum atomic E-state index is 11.9. The third-order valence-electron chi connectivity index (χ3n) is 2.58. The molecular formula is C12H14ClN5O. The predicted molar refractivity (Wildman–Crippen MR) is 71.0 cm³/mol. The lowest BCUT2D eigenvalue weighted by Crippen LogP contribution is -2.26. The highest BCUT2D eigenvalue weighted by molar-refractivity contribution is 6.29. The topological polar surface area (TPSA) is 83.6 Å². The first-order valence-electron chi connectivity index (χ1n) is 5.98. The molecule has 6 nitrogen and oxygen atoms in total. The van der Waals surface area contributed by atoms with Crippen molar-refractivity contribution >= 4 is 17.5 Å². The van der Waals surface area contributed by atoms with Crippen molar-refractivity contribution < 1.29 is 4.79 Å². The van der Waals surface area contributed by atoms with Crippen molar-refractivity contribution in [1.82, 2.24) is 25.5 Å². The first-order chi connectivity index (χ1) is 9.19. The van der Waals surface area contributed by atoms with E-state index < -0.39 is 0 Å². The molecule has 2 aromatic rings. The SMILES string of the molecule is CCc1cc(C(=O)NCCc2ncn[nH]2)cc(Cl)n1. The molecule has 0 aliphatic carbocycles. The highest BCUT2D eigenvalue weighted by Crippen LogP contribution is 2.11. The van der Waals surface area contributed by atoms with Crippen LogP contribution in [0.1, 0.15) is 28.8 Å². The summed E-state index contributed by atoms with van der Waals surface area (Å²) in [7, 11) is 0. The first-order valence-corrected chi connectivity index (χ1v) is 6.35. The molecule has 2 rings (SSSR count). The van der Waals surface area contributed by atoms with Gasteiger partial charge in [0.25, 0.3) is 5.91 Å². The second kappa shape index (κ2) is 6.29. The van der Waals surface area contributed by atoms with E-state index in [4.69, 9.17) is 11.6 Å². The summed E-state index contributed by atoms with van der Waals surface area (Å²) in [5, 5.41) is 9.61. The second-order valence-corrected chi connectivity index (χ2v) is 4.35. The van der Waals surface area contributed by atoms with Gasteiger partial charge >= 0.3 is 0 Å². The van der Waals surface area contributed by atoms with Gasteiger partial charge in [0.1, 0.15) is 17.3 Å². The Morgan fingerprint density at radius 2 is 2.32 bits per heavy atom. The maximum Gasteiger partial charge on any atom is 0.251 e. The van der Waals surface area contributed by atoms with Gasteiger partial charge in [-0.25, -0.2) is 9.97 Å². The third kappa shape index (κ3) is 3.75. The number of carbonyl (C=O) groups is 1. The summed E-state index contributed by atoms with van der Waals surface area (Å²) in [4.78, 5) is 20.0. The number of aromatic nitrogens is 4. The number of amides is 1. The third-order valence-corrected chi connectivity index (χ3v) is 2.78. The van der Waals surface area contributed by atoms with Crippen LogP contribution in [-0.2, 0) is 12.8 Å². The number of nitrogens with one attached hydrogen (secondary N) is 2. The van der Waals surface area contributed by atoms with Crippen molar-refractivity contribution in [3.05, 3.63) is 40.7 Å². The van der Waals surface area contributed by atoms with Gasteiger partial charge in [-0.05, 0) is 18.6 Å². The zero-order chi connectivity index (χ0) is 13.7. The van der Waals surface area contributed by atoms with Crippen LogP contribution in [0.15, 0.2) is 18.5 Å². The molecular weight excluding hydrogens is 266 g/mol. The van der Waals surface area contributed by atoms with Gasteiger partial charge in [-0.2, -0.15) is 5.10 Å². The fourth-order valence-electron chi connectivity index (χ4n) is 1.61. The van der Waals surface area contributed by atoms with Crippen LogP contribution in [0.25, 0.3) is 0 Å². The molecule has 0 unspecified atom stereocenters. The summed E-state index contributed by atoms with van der Waals surface area (Å²) >= 11 is 5.87. The Kier molecular flexibility index (Phi) is 4.46. The van der Waals surface area contributed by atoms with Crippen molar-refractivity contribution in [3.8, 4) is 0 Å². The highest BCUT2D eigenvalue weighted by Gasteiger charge is 2.08. The van der Waals surface area contributed by atoms with Gasteiger partial charge in [-0.1, -0.05) is 18.5 Å². The van der Waals surface area contributed by atoms with E-state index in [1.807, 2.05) is 6.92 Å². The van der Waals surface area contributed by atoms with E-state index in [0.29, 0.717) is 23.7 Å². The Labute approximate surface area is 115 Å². The fraction of sp³-hybridized carbons (Fsp3) is 0.333. The molecule has 7 heteroatoms. The van der Waals surface area contributed by atoms with Crippen LogP contribution in [0.3, 0.4) is 0 Å². The van der Waals surface area contributed by atoms with Crippen molar-refractivity contribution in [1.29, 1.82) is 0 Å². The number of aryl methyl sites for hydroxylation is 1. The Morgan fingerprint density at radius 3 is 3.00 bits per heavy atom. The molecule has 1 amide bonds. The molecule has 0 aromatic carbocycles. The largest absolute Gasteiger partial charge is 0.352 e. The lowest BCUT2D eigenvalue weighted by molar-refractivity contribution is 0.0953. The molecule has 0 fully saturated rings. The number of rotatable bonds is 5. The summed E-state index contributed by atoms with van der Waals surface area (Å²) in [6, 6.07) is 3.31. The van der Waals surface area contributed by atoms with Crippen molar-refractivity contribution in [2.24, 2.45) is 0 Å². The van der Waals surface area contributed by atoms with Gasteiger partial charge in [0.05, 0.1) is 0 Å². The number of aromatic amines is 1. The van der Waals surface area contributed by atoms with Gasteiger partial charge in [-0.15, -0.1) is 0 Å². The molecule has 0 spiro atoms. The van der Waals surface area contributed by atoms with E-state index in [2.05, 4.69) is 25.5 Å². The van der Waals surface area contributed by atoms with Crippen molar-refractivity contribution in [2.75, 3.05) is 6.54 Å². The van der Waals surface area contributed by atoms with E-state index >= 15 is 0 Å². The molecule has 0 radical (unpaired) electrons. The Hall–Kier alpha value is -1.95. The first kappa shape index (κ1) is 13.5. The van der Waals surface area contributed by atoms with E-state index in [9.17, 15) is 4.79 Å². The van der Waals surface area contributed by atoms with Crippen LogP contribution < -0.4 is 5.32 Å². The van der Waals surface area contributed by atoms with Crippen LogP contribution in [0, 0.1) is 0 Å². The normalized spacial score (nSPS) is 10.4. The zero-order valence-electron chi connectivity index (χ0n) is 10.5. The van der Waals surface area contributed by atoms with Crippen LogP contribution in [0.5, 0.6) is 0 Å². The number of carbonyl (C=O) groups excluding carboxylic acids is 1. The predicted octanol–water partition coefficient (Wildman–Crippen LogP) is 1.39. The maximum absolute atomic E-state index is 11.9. The molecule has 100 valence electrons. The minimum atomic E-state index is -0.168. The van der Waals surface area contributed by atoms with Gasteiger partial charge < -0.3 is 5.32 Å². The minimum absolute atomic E-state index is 0.168. The van der Waals surface area contributed by atoms with Crippen LogP contribution in [0.2, 0.25) is 5.15 Å². The van der Waals surface area contributed by atoms with E-state index in [1.165, 1.54) is 6.33 Å². The summed E-state index contributed by atoms with van der Waals surface area (Å²) < 4.78 is 0. The molecule has 2 heterocycles. The van der Waals surface area contributed by atoms with Gasteiger partial charge in [0, 0.05) is 24.2 Å². The van der Waals surface area contributed by atoms with Crippen molar-refractivity contribution in [3.63, 3.8) is 0 Å². The molecule has 0 bridgehead atoms. The average Bonchev–Trinajstić information content (AvgIpc) is 2.91. The summed E-state index contributed by atoms with van der Waals surface area (Å²) in [6.45, 7) is 2.44. The van der Waals surface area contributed by atoms with Crippen molar-refractivity contribution in [2.45, 2.75) is 19.8 Å². The number of halogens is 1. The number of hydrogen-bond donors (Lipinski definition) is 2. The highest BCUT2D eigenvalue weighted by atomic mass is 35.5. The minimum Gasteiger partial charge on any atom is -0.352 e. The molecule has 2 N–H and O–H groups in total. The smallest absolute Gasteiger partial charge is 0.251 e. The fourth-order valence-corrected chi connectivity index (χ4v) is 1.84. The van der Waals surface area contributed by atoms with Gasteiger partial charge in [0.15, 0.2) is 0 Å². The lowest BCUT2D eigenvalue weighted by atomic mass is 10.2. The van der Waals surface area contributed by atoms with E-state index in [-0.39, 0.29) is 5.91 Å². The average molecular weight is 280 g/mol. The van der Waals surface area contributed by atoms with Crippen LogP contribution in [-0.4, -0.2) is 32.6 Å². The number of nitrogens with zero attached hydrogens (tertiary/aromatic N) is 3. The van der Waals surface area contributed by atoms with Crippen LogP contribution in [0.4, 0.5) is 0 Å². The molecule has 2 aromatic heterocycles. The van der Waals surface area contributed by atoms with Crippen LogP contribution >= 0.6 is 11.6 Å². The summed E-state index contributed by atoms with van der Waals surface area (Å²) in [5.74, 6) is 0.570. The molecule has 0 atom stereocenters. The summed E-state index contributed by atoms with van der Waals surface area (Å²) in [6.07, 6.45) is 2.78. The Morgan fingerprint density at radius 1 is 1.47 bits per heavy atom. The molecule has 0 aliphatic rings. The van der Waals surface area contributed by atoms with Gasteiger partial charge in [-0.3, -0.25) is 9.89 Å². The quantitative estimate of drug-likeness (QED) is 0.810. The van der Waals surface area contributed by atoms with E-state index in [1.54, 1.807) is 12.1 Å². The van der Waals surface area contributed by atoms with Gasteiger partial charge in [0.2, 0.25) is 0 Å².